The van der Waals surface area contributed by atoms with Crippen LogP contribution < -0.4 is 0 Å². The number of hydrogen-bond acceptors (Lipinski definition) is 3. The summed E-state index contributed by atoms with van der Waals surface area (Å²) in [5.74, 6) is -0.742. The molecule has 0 bridgehead atoms. The van der Waals surface area contributed by atoms with Crippen LogP contribution in [0, 0.1) is 0 Å². The lowest BCUT2D eigenvalue weighted by atomic mass is 9.65. The van der Waals surface area contributed by atoms with Crippen LogP contribution in [0.5, 0.6) is 0 Å². The molecule has 0 atom stereocenters. The van der Waals surface area contributed by atoms with Crippen LogP contribution in [0.3, 0.4) is 0 Å². The Morgan fingerprint density at radius 3 is 2.82 bits per heavy atom. The lowest BCUT2D eigenvalue weighted by Crippen LogP contribution is -2.42. The van der Waals surface area contributed by atoms with Gasteiger partial charge in [0.15, 0.2) is 0 Å². The van der Waals surface area contributed by atoms with Gasteiger partial charge in [-0.25, -0.2) is 0 Å². The second kappa shape index (κ2) is 3.52. The second-order valence-electron chi connectivity index (χ2n) is 4.53. The Bertz CT molecular complexity index is 591. The summed E-state index contributed by atoms with van der Waals surface area (Å²) < 4.78 is 0. The van der Waals surface area contributed by atoms with E-state index in [9.17, 15) is 9.90 Å². The summed E-state index contributed by atoms with van der Waals surface area (Å²) in [6.07, 6.45) is 7.48. The molecule has 0 aliphatic heterocycles. The van der Waals surface area contributed by atoms with Gasteiger partial charge in [-0.15, -0.1) is 0 Å². The summed E-state index contributed by atoms with van der Waals surface area (Å²) in [7, 11) is 0. The van der Waals surface area contributed by atoms with Crippen molar-refractivity contribution in [3.8, 4) is 0 Å². The molecule has 4 nitrogen and oxygen atoms in total. The molecule has 1 aliphatic rings. The molecule has 0 aromatic carbocycles. The predicted molar refractivity (Wildman–Crippen MR) is 62.7 cm³/mol. The van der Waals surface area contributed by atoms with Gasteiger partial charge in [0, 0.05) is 24.0 Å². The molecule has 2 aromatic heterocycles. The van der Waals surface area contributed by atoms with E-state index in [4.69, 9.17) is 0 Å². The van der Waals surface area contributed by atoms with Crippen LogP contribution in [-0.4, -0.2) is 21.0 Å². The highest BCUT2D eigenvalue weighted by atomic mass is 16.4. The number of rotatable bonds is 2. The maximum Gasteiger partial charge on any atom is 0.314 e. The molecule has 2 heterocycles. The number of nitrogens with zero attached hydrogens (tertiary/aromatic N) is 2. The minimum atomic E-state index is -0.742. The third kappa shape index (κ3) is 1.40. The molecular weight excluding hydrogens is 216 g/mol. The van der Waals surface area contributed by atoms with E-state index in [-0.39, 0.29) is 0 Å². The van der Waals surface area contributed by atoms with Crippen molar-refractivity contribution in [1.29, 1.82) is 0 Å². The van der Waals surface area contributed by atoms with Crippen LogP contribution in [0.25, 0.3) is 10.9 Å². The number of carboxylic acid groups (broad SMARTS) is 1. The lowest BCUT2D eigenvalue weighted by Gasteiger charge is -2.37. The summed E-state index contributed by atoms with van der Waals surface area (Å²) in [6, 6.07) is 3.73. The number of aromatic nitrogens is 2. The molecular formula is C13H12N2O2. The minimum Gasteiger partial charge on any atom is -0.481 e. The maximum atomic E-state index is 11.4. The quantitative estimate of drug-likeness (QED) is 0.855. The summed E-state index contributed by atoms with van der Waals surface area (Å²) >= 11 is 0. The average Bonchev–Trinajstić information content (AvgIpc) is 2.27. The molecule has 1 aliphatic carbocycles. The van der Waals surface area contributed by atoms with Crippen molar-refractivity contribution in [2.24, 2.45) is 0 Å². The van der Waals surface area contributed by atoms with Gasteiger partial charge in [-0.05, 0) is 30.5 Å². The zero-order valence-electron chi connectivity index (χ0n) is 9.26. The summed E-state index contributed by atoms with van der Waals surface area (Å²) in [5, 5.41) is 10.3. The topological polar surface area (TPSA) is 63.1 Å². The van der Waals surface area contributed by atoms with Crippen LogP contribution in [0.15, 0.2) is 30.7 Å². The number of aliphatic carboxylic acids is 1. The zero-order valence-corrected chi connectivity index (χ0v) is 9.26. The maximum absolute atomic E-state index is 11.4. The normalized spacial score (nSPS) is 17.6. The van der Waals surface area contributed by atoms with Crippen molar-refractivity contribution in [3.05, 3.63) is 36.3 Å². The van der Waals surface area contributed by atoms with E-state index < -0.39 is 11.4 Å². The van der Waals surface area contributed by atoms with E-state index in [0.717, 1.165) is 22.9 Å². The Balaban J connectivity index is 2.14. The van der Waals surface area contributed by atoms with E-state index in [0.29, 0.717) is 12.8 Å². The molecule has 1 saturated carbocycles. The Hall–Kier alpha value is -1.97. The van der Waals surface area contributed by atoms with Gasteiger partial charge in [-0.1, -0.05) is 6.42 Å². The van der Waals surface area contributed by atoms with Crippen molar-refractivity contribution in [3.63, 3.8) is 0 Å². The van der Waals surface area contributed by atoms with E-state index in [1.165, 1.54) is 0 Å². The third-order valence-corrected chi connectivity index (χ3v) is 3.65. The molecule has 86 valence electrons. The fourth-order valence-electron chi connectivity index (χ4n) is 2.39. The average molecular weight is 228 g/mol. The van der Waals surface area contributed by atoms with Crippen LogP contribution in [-0.2, 0) is 10.2 Å². The summed E-state index contributed by atoms with van der Waals surface area (Å²) in [6.45, 7) is 0. The highest BCUT2D eigenvalue weighted by molar-refractivity contribution is 5.85. The largest absolute Gasteiger partial charge is 0.481 e. The van der Waals surface area contributed by atoms with Gasteiger partial charge < -0.3 is 5.11 Å². The SMILES string of the molecule is O=C(O)C1(c2cnc3ccncc3c2)CCC1. The number of pyridine rings is 2. The van der Waals surface area contributed by atoms with Gasteiger partial charge >= 0.3 is 5.97 Å². The van der Waals surface area contributed by atoms with Gasteiger partial charge in [0.25, 0.3) is 0 Å². The van der Waals surface area contributed by atoms with Crippen molar-refractivity contribution in [2.45, 2.75) is 24.7 Å². The molecule has 1 N–H and O–H groups in total. The Morgan fingerprint density at radius 2 is 2.18 bits per heavy atom. The fourth-order valence-corrected chi connectivity index (χ4v) is 2.39. The molecule has 3 rings (SSSR count). The second-order valence-corrected chi connectivity index (χ2v) is 4.53. The molecule has 0 saturated heterocycles. The number of carbonyl (C=O) groups is 1. The van der Waals surface area contributed by atoms with E-state index >= 15 is 0 Å². The third-order valence-electron chi connectivity index (χ3n) is 3.65. The first-order valence-corrected chi connectivity index (χ1v) is 5.66. The molecule has 4 heteroatoms. The highest BCUT2D eigenvalue weighted by Crippen LogP contribution is 2.44. The van der Waals surface area contributed by atoms with E-state index in [2.05, 4.69) is 9.97 Å². The first kappa shape index (κ1) is 10.2. The lowest BCUT2D eigenvalue weighted by molar-refractivity contribution is -0.147. The smallest absolute Gasteiger partial charge is 0.314 e. The summed E-state index contributed by atoms with van der Waals surface area (Å²) in [5.41, 5.74) is 0.942. The molecule has 0 unspecified atom stereocenters. The van der Waals surface area contributed by atoms with Gasteiger partial charge in [-0.2, -0.15) is 0 Å². The zero-order chi connectivity index (χ0) is 11.9. The Kier molecular flexibility index (Phi) is 2.11. The Labute approximate surface area is 98.3 Å². The first-order valence-electron chi connectivity index (χ1n) is 5.66. The molecule has 0 radical (unpaired) electrons. The predicted octanol–water partition coefficient (Wildman–Crippen LogP) is 2.14. The van der Waals surface area contributed by atoms with Gasteiger partial charge in [-0.3, -0.25) is 14.8 Å². The number of hydrogen-bond donors (Lipinski definition) is 1. The number of fused-ring (bicyclic) bond motifs is 1. The van der Waals surface area contributed by atoms with Crippen molar-refractivity contribution in [1.82, 2.24) is 9.97 Å². The standard InChI is InChI=1S/C13H12N2O2/c16-12(17)13(3-1-4-13)10-6-9-7-14-5-2-11(9)15-8-10/h2,5-8H,1,3-4H2,(H,16,17). The van der Waals surface area contributed by atoms with Crippen LogP contribution in [0.4, 0.5) is 0 Å². The van der Waals surface area contributed by atoms with Crippen molar-refractivity contribution in [2.75, 3.05) is 0 Å². The van der Waals surface area contributed by atoms with Crippen LogP contribution in [0.1, 0.15) is 24.8 Å². The van der Waals surface area contributed by atoms with Gasteiger partial charge in [0.2, 0.25) is 0 Å². The van der Waals surface area contributed by atoms with Gasteiger partial charge in [0.05, 0.1) is 10.9 Å². The van der Waals surface area contributed by atoms with Gasteiger partial charge in [0.1, 0.15) is 0 Å². The van der Waals surface area contributed by atoms with E-state index in [1.54, 1.807) is 18.6 Å². The number of carboxylic acids is 1. The van der Waals surface area contributed by atoms with Crippen LogP contribution in [0.2, 0.25) is 0 Å². The molecule has 17 heavy (non-hydrogen) atoms. The first-order chi connectivity index (χ1) is 8.22. The monoisotopic (exact) mass is 228 g/mol. The molecule has 2 aromatic rings. The van der Waals surface area contributed by atoms with Crippen LogP contribution >= 0.6 is 0 Å². The summed E-state index contributed by atoms with van der Waals surface area (Å²) in [4.78, 5) is 19.7. The highest BCUT2D eigenvalue weighted by Gasteiger charge is 2.46. The van der Waals surface area contributed by atoms with Crippen molar-refractivity contribution < 1.29 is 9.90 Å². The fraction of sp³-hybridized carbons (Fsp3) is 0.308. The van der Waals surface area contributed by atoms with Crippen molar-refractivity contribution >= 4 is 16.9 Å². The molecule has 0 amide bonds. The van der Waals surface area contributed by atoms with E-state index in [1.807, 2.05) is 12.1 Å². The Morgan fingerprint density at radius 1 is 1.35 bits per heavy atom. The molecule has 1 fully saturated rings. The minimum absolute atomic E-state index is 0.704. The molecule has 0 spiro atoms.